The van der Waals surface area contributed by atoms with E-state index in [9.17, 15) is 4.79 Å². The van der Waals surface area contributed by atoms with Crippen LogP contribution in [-0.4, -0.2) is 12.1 Å². The van der Waals surface area contributed by atoms with Crippen LogP contribution < -0.4 is 0 Å². The molecule has 1 heterocycles. The van der Waals surface area contributed by atoms with Crippen molar-refractivity contribution in [2.75, 3.05) is 0 Å². The SMILES string of the molecule is C[C@@H]1c2ccccc2C2=CC(=O)O[C@H]21. The lowest BCUT2D eigenvalue weighted by molar-refractivity contribution is -0.138. The fraction of sp³-hybridized carbons (Fsp3) is 0.250. The van der Waals surface area contributed by atoms with Crippen molar-refractivity contribution in [3.8, 4) is 0 Å². The average Bonchev–Trinajstić information content (AvgIpc) is 2.68. The van der Waals surface area contributed by atoms with Gasteiger partial charge >= 0.3 is 5.97 Å². The molecule has 14 heavy (non-hydrogen) atoms. The maximum atomic E-state index is 11.1. The second-order valence-corrected chi connectivity index (χ2v) is 3.83. The summed E-state index contributed by atoms with van der Waals surface area (Å²) >= 11 is 0. The molecule has 0 amide bonds. The monoisotopic (exact) mass is 186 g/mol. The van der Waals surface area contributed by atoms with Gasteiger partial charge in [0.05, 0.1) is 0 Å². The van der Waals surface area contributed by atoms with Crippen molar-refractivity contribution in [3.63, 3.8) is 0 Å². The maximum absolute atomic E-state index is 11.1. The summed E-state index contributed by atoms with van der Waals surface area (Å²) in [5.74, 6) is 0.0928. The van der Waals surface area contributed by atoms with Gasteiger partial charge in [-0.05, 0) is 11.1 Å². The van der Waals surface area contributed by atoms with Crippen LogP contribution in [0.15, 0.2) is 30.3 Å². The van der Waals surface area contributed by atoms with E-state index >= 15 is 0 Å². The predicted octanol–water partition coefficient (Wildman–Crippen LogP) is 2.11. The van der Waals surface area contributed by atoms with Gasteiger partial charge in [0.1, 0.15) is 6.10 Å². The van der Waals surface area contributed by atoms with Crippen LogP contribution in [-0.2, 0) is 9.53 Å². The lowest BCUT2D eigenvalue weighted by Crippen LogP contribution is -2.12. The molecule has 2 atom stereocenters. The van der Waals surface area contributed by atoms with Crippen LogP contribution in [0.2, 0.25) is 0 Å². The van der Waals surface area contributed by atoms with E-state index in [1.807, 2.05) is 12.1 Å². The van der Waals surface area contributed by atoms with Gasteiger partial charge in [0, 0.05) is 17.6 Å². The summed E-state index contributed by atoms with van der Waals surface area (Å²) in [6.45, 7) is 2.10. The molecule has 70 valence electrons. The highest BCUT2D eigenvalue weighted by atomic mass is 16.5. The Morgan fingerprint density at radius 3 is 2.93 bits per heavy atom. The molecule has 2 nitrogen and oxygen atoms in total. The highest BCUT2D eigenvalue weighted by molar-refractivity contribution is 5.99. The van der Waals surface area contributed by atoms with Gasteiger partial charge in [-0.25, -0.2) is 4.79 Å². The van der Waals surface area contributed by atoms with Crippen LogP contribution in [0, 0.1) is 0 Å². The molecule has 1 aliphatic heterocycles. The molecule has 3 rings (SSSR count). The van der Waals surface area contributed by atoms with E-state index in [0.717, 1.165) is 5.57 Å². The molecule has 0 radical (unpaired) electrons. The van der Waals surface area contributed by atoms with Crippen molar-refractivity contribution in [1.29, 1.82) is 0 Å². The second kappa shape index (κ2) is 2.47. The molecular formula is C12H10O2. The van der Waals surface area contributed by atoms with Gasteiger partial charge in [-0.2, -0.15) is 0 Å². The number of carbonyl (C=O) groups is 1. The molecule has 0 saturated heterocycles. The third kappa shape index (κ3) is 0.830. The van der Waals surface area contributed by atoms with E-state index in [2.05, 4.69) is 19.1 Å². The Morgan fingerprint density at radius 1 is 1.29 bits per heavy atom. The molecule has 2 heteroatoms. The normalized spacial score (nSPS) is 28.1. The number of hydrogen-bond donors (Lipinski definition) is 0. The van der Waals surface area contributed by atoms with Crippen LogP contribution in [0.25, 0.3) is 5.57 Å². The standard InChI is InChI=1S/C12H10O2/c1-7-8-4-2-3-5-9(8)10-6-11(13)14-12(7)10/h2-7,12H,1H3/t7-,12+/m1/s1. The highest BCUT2D eigenvalue weighted by Gasteiger charge is 2.39. The van der Waals surface area contributed by atoms with E-state index in [1.165, 1.54) is 11.1 Å². The lowest BCUT2D eigenvalue weighted by Gasteiger charge is -2.11. The van der Waals surface area contributed by atoms with Crippen LogP contribution in [0.5, 0.6) is 0 Å². The van der Waals surface area contributed by atoms with Crippen LogP contribution in [0.1, 0.15) is 24.0 Å². The first-order valence-corrected chi connectivity index (χ1v) is 4.79. The zero-order valence-corrected chi connectivity index (χ0v) is 7.86. The third-order valence-corrected chi connectivity index (χ3v) is 3.04. The Hall–Kier alpha value is -1.57. The molecule has 0 unspecified atom stereocenters. The first-order chi connectivity index (χ1) is 6.77. The van der Waals surface area contributed by atoms with Crippen molar-refractivity contribution in [3.05, 3.63) is 41.5 Å². The number of rotatable bonds is 0. The van der Waals surface area contributed by atoms with E-state index in [-0.39, 0.29) is 12.1 Å². The van der Waals surface area contributed by atoms with Gasteiger partial charge in [0.25, 0.3) is 0 Å². The van der Waals surface area contributed by atoms with Gasteiger partial charge in [0.15, 0.2) is 0 Å². The molecule has 0 bridgehead atoms. The minimum absolute atomic E-state index is 0.0418. The quantitative estimate of drug-likeness (QED) is 0.580. The molecule has 0 saturated carbocycles. The zero-order valence-electron chi connectivity index (χ0n) is 7.86. The number of esters is 1. The molecule has 0 N–H and O–H groups in total. The summed E-state index contributed by atoms with van der Waals surface area (Å²) < 4.78 is 5.25. The molecule has 1 aliphatic carbocycles. The summed E-state index contributed by atoms with van der Waals surface area (Å²) in [6.07, 6.45) is 1.58. The first kappa shape index (κ1) is 7.80. The summed E-state index contributed by atoms with van der Waals surface area (Å²) in [7, 11) is 0. The Morgan fingerprint density at radius 2 is 2.07 bits per heavy atom. The Kier molecular flexibility index (Phi) is 1.38. The second-order valence-electron chi connectivity index (χ2n) is 3.83. The molecule has 0 spiro atoms. The van der Waals surface area contributed by atoms with Crippen molar-refractivity contribution in [2.45, 2.75) is 18.9 Å². The van der Waals surface area contributed by atoms with Crippen LogP contribution in [0.4, 0.5) is 0 Å². The molecular weight excluding hydrogens is 176 g/mol. The fourth-order valence-corrected chi connectivity index (χ4v) is 2.35. The van der Waals surface area contributed by atoms with Crippen molar-refractivity contribution in [1.82, 2.24) is 0 Å². The van der Waals surface area contributed by atoms with E-state index < -0.39 is 0 Å². The van der Waals surface area contributed by atoms with Gasteiger partial charge in [-0.3, -0.25) is 0 Å². The summed E-state index contributed by atoms with van der Waals surface area (Å²) in [6, 6.07) is 8.18. The van der Waals surface area contributed by atoms with E-state index in [1.54, 1.807) is 6.08 Å². The molecule has 1 aromatic rings. The van der Waals surface area contributed by atoms with Crippen molar-refractivity contribution >= 4 is 11.5 Å². The Bertz CT molecular complexity index is 445. The van der Waals surface area contributed by atoms with E-state index in [0.29, 0.717) is 5.92 Å². The van der Waals surface area contributed by atoms with Gasteiger partial charge in [-0.1, -0.05) is 31.2 Å². The summed E-state index contributed by atoms with van der Waals surface area (Å²) in [5, 5.41) is 0. The topological polar surface area (TPSA) is 26.3 Å². The molecule has 1 aromatic carbocycles. The largest absolute Gasteiger partial charge is 0.454 e. The zero-order chi connectivity index (χ0) is 9.71. The lowest BCUT2D eigenvalue weighted by atomic mass is 10.0. The van der Waals surface area contributed by atoms with Crippen molar-refractivity contribution in [2.24, 2.45) is 0 Å². The summed E-state index contributed by atoms with van der Waals surface area (Å²) in [4.78, 5) is 11.1. The average molecular weight is 186 g/mol. The predicted molar refractivity (Wildman–Crippen MR) is 52.7 cm³/mol. The molecule has 2 aliphatic rings. The first-order valence-electron chi connectivity index (χ1n) is 4.79. The Labute approximate surface area is 82.2 Å². The number of hydrogen-bond acceptors (Lipinski definition) is 2. The highest BCUT2D eigenvalue weighted by Crippen LogP contribution is 2.45. The minimum Gasteiger partial charge on any atom is -0.454 e. The fourth-order valence-electron chi connectivity index (χ4n) is 2.35. The van der Waals surface area contributed by atoms with Crippen LogP contribution in [0.3, 0.4) is 0 Å². The number of carbonyl (C=O) groups excluding carboxylic acids is 1. The smallest absolute Gasteiger partial charge is 0.331 e. The molecule has 0 aromatic heterocycles. The number of benzene rings is 1. The maximum Gasteiger partial charge on any atom is 0.331 e. The minimum atomic E-state index is -0.202. The third-order valence-electron chi connectivity index (χ3n) is 3.04. The van der Waals surface area contributed by atoms with E-state index in [4.69, 9.17) is 4.74 Å². The Balaban J connectivity index is 2.23. The van der Waals surface area contributed by atoms with Crippen LogP contribution >= 0.6 is 0 Å². The van der Waals surface area contributed by atoms with Gasteiger partial charge in [-0.15, -0.1) is 0 Å². The van der Waals surface area contributed by atoms with Gasteiger partial charge in [0.2, 0.25) is 0 Å². The number of fused-ring (bicyclic) bond motifs is 3. The van der Waals surface area contributed by atoms with Gasteiger partial charge < -0.3 is 4.74 Å². The van der Waals surface area contributed by atoms with Crippen molar-refractivity contribution < 1.29 is 9.53 Å². The number of ether oxygens (including phenoxy) is 1. The summed E-state index contributed by atoms with van der Waals surface area (Å²) in [5.41, 5.74) is 3.52. The molecule has 0 fully saturated rings.